The van der Waals surface area contributed by atoms with Crippen molar-refractivity contribution in [1.82, 2.24) is 9.97 Å². The molecule has 154 valence electrons. The molecule has 4 aromatic carbocycles. The van der Waals surface area contributed by atoms with Gasteiger partial charge >= 0.3 is 5.69 Å². The molecule has 5 nitrogen and oxygen atoms in total. The molecule has 1 heterocycles. The fourth-order valence-electron chi connectivity index (χ4n) is 3.89. The van der Waals surface area contributed by atoms with Crippen LogP contribution in [0.3, 0.4) is 0 Å². The molecule has 0 aliphatic carbocycles. The minimum absolute atomic E-state index is 0.201. The molecule has 0 spiro atoms. The van der Waals surface area contributed by atoms with Gasteiger partial charge in [-0.2, -0.15) is 0 Å². The lowest BCUT2D eigenvalue weighted by Gasteiger charge is -2.16. The first-order chi connectivity index (χ1) is 15.2. The highest BCUT2D eigenvalue weighted by Gasteiger charge is 2.10. The van der Waals surface area contributed by atoms with Crippen molar-refractivity contribution in [3.05, 3.63) is 106 Å². The Kier molecular flexibility index (Phi) is 4.92. The van der Waals surface area contributed by atoms with Gasteiger partial charge in [0, 0.05) is 17.8 Å². The molecule has 31 heavy (non-hydrogen) atoms. The predicted octanol–water partition coefficient (Wildman–Crippen LogP) is 5.51. The van der Waals surface area contributed by atoms with Crippen molar-refractivity contribution in [1.29, 1.82) is 0 Å². The molecule has 0 amide bonds. The van der Waals surface area contributed by atoms with E-state index < -0.39 is 0 Å². The van der Waals surface area contributed by atoms with E-state index in [9.17, 15) is 4.79 Å². The largest absolute Gasteiger partial charge is 0.489 e. The Morgan fingerprint density at radius 3 is 2.58 bits per heavy atom. The molecule has 5 heteroatoms. The fraction of sp³-hybridized carbons (Fsp3) is 0.115. The van der Waals surface area contributed by atoms with E-state index in [1.807, 2.05) is 48.5 Å². The Morgan fingerprint density at radius 1 is 0.871 bits per heavy atom. The van der Waals surface area contributed by atoms with Gasteiger partial charge in [-0.25, -0.2) is 4.79 Å². The fourth-order valence-corrected chi connectivity index (χ4v) is 3.89. The molecule has 0 radical (unpaired) electrons. The van der Waals surface area contributed by atoms with Crippen molar-refractivity contribution >= 4 is 27.5 Å². The summed E-state index contributed by atoms with van der Waals surface area (Å²) in [4.78, 5) is 17.1. The first kappa shape index (κ1) is 19.0. The highest BCUT2D eigenvalue weighted by molar-refractivity contribution is 5.88. The number of fused-ring (bicyclic) bond motifs is 2. The number of H-pyrrole nitrogens is 2. The number of imidazole rings is 1. The van der Waals surface area contributed by atoms with Crippen LogP contribution in [-0.2, 0) is 13.2 Å². The molecule has 0 unspecified atom stereocenters. The number of benzene rings is 4. The summed E-state index contributed by atoms with van der Waals surface area (Å²) >= 11 is 0. The Bertz CT molecular complexity index is 1430. The van der Waals surface area contributed by atoms with E-state index in [0.717, 1.165) is 33.4 Å². The maximum Gasteiger partial charge on any atom is 0.323 e. The number of rotatable bonds is 6. The number of nitrogens with one attached hydrogen (secondary N) is 3. The molecule has 0 aliphatic heterocycles. The van der Waals surface area contributed by atoms with Crippen LogP contribution in [0.2, 0.25) is 0 Å². The van der Waals surface area contributed by atoms with Crippen LogP contribution in [0.5, 0.6) is 5.75 Å². The lowest BCUT2D eigenvalue weighted by molar-refractivity contribution is 0.303. The van der Waals surface area contributed by atoms with E-state index in [1.165, 1.54) is 16.5 Å². The second-order valence-electron chi connectivity index (χ2n) is 7.67. The summed E-state index contributed by atoms with van der Waals surface area (Å²) in [6, 6.07) is 26.6. The molecule has 1 aromatic heterocycles. The summed E-state index contributed by atoms with van der Waals surface area (Å²) in [6.07, 6.45) is 0. The Labute approximate surface area is 179 Å². The Hall–Kier alpha value is -3.99. The summed E-state index contributed by atoms with van der Waals surface area (Å²) in [7, 11) is 0. The van der Waals surface area contributed by atoms with Crippen molar-refractivity contribution in [2.75, 3.05) is 5.32 Å². The highest BCUT2D eigenvalue weighted by Crippen LogP contribution is 2.30. The second-order valence-corrected chi connectivity index (χ2v) is 7.67. The van der Waals surface area contributed by atoms with E-state index in [2.05, 4.69) is 52.5 Å². The summed E-state index contributed by atoms with van der Waals surface area (Å²) < 4.78 is 6.28. The Morgan fingerprint density at radius 2 is 1.68 bits per heavy atom. The van der Waals surface area contributed by atoms with Crippen molar-refractivity contribution in [2.24, 2.45) is 0 Å². The van der Waals surface area contributed by atoms with Gasteiger partial charge in [-0.15, -0.1) is 0 Å². The first-order valence-electron chi connectivity index (χ1n) is 10.3. The maximum absolute atomic E-state index is 11.5. The quantitative estimate of drug-likeness (QED) is 0.346. The summed E-state index contributed by atoms with van der Waals surface area (Å²) in [5, 5.41) is 5.82. The van der Waals surface area contributed by atoms with Crippen LogP contribution >= 0.6 is 0 Å². The average molecular weight is 409 g/mol. The molecule has 0 saturated heterocycles. The van der Waals surface area contributed by atoms with E-state index in [-0.39, 0.29) is 5.69 Å². The number of hydrogen-bond acceptors (Lipinski definition) is 3. The van der Waals surface area contributed by atoms with Gasteiger partial charge in [0.25, 0.3) is 0 Å². The molecule has 0 saturated carbocycles. The number of aromatic nitrogens is 2. The lowest BCUT2D eigenvalue weighted by atomic mass is 10.0. The van der Waals surface area contributed by atoms with Gasteiger partial charge in [-0.05, 0) is 53.1 Å². The number of aryl methyl sites for hydroxylation is 1. The first-order valence-corrected chi connectivity index (χ1v) is 10.3. The van der Waals surface area contributed by atoms with Gasteiger partial charge in [0.05, 0.1) is 11.0 Å². The molecule has 0 aliphatic rings. The third kappa shape index (κ3) is 3.90. The van der Waals surface area contributed by atoms with Gasteiger partial charge in [0.15, 0.2) is 0 Å². The number of aromatic amines is 2. The Balaban J connectivity index is 1.45. The van der Waals surface area contributed by atoms with Crippen LogP contribution in [-0.4, -0.2) is 9.97 Å². The third-order valence-corrected chi connectivity index (χ3v) is 5.63. The van der Waals surface area contributed by atoms with Crippen LogP contribution < -0.4 is 15.7 Å². The summed E-state index contributed by atoms with van der Waals surface area (Å²) in [6.45, 7) is 3.22. The topological polar surface area (TPSA) is 69.9 Å². The normalized spacial score (nSPS) is 11.1. The zero-order valence-electron chi connectivity index (χ0n) is 17.2. The molecule has 3 N–H and O–H groups in total. The minimum Gasteiger partial charge on any atom is -0.489 e. The zero-order valence-corrected chi connectivity index (χ0v) is 17.2. The second kappa shape index (κ2) is 8.03. The van der Waals surface area contributed by atoms with Crippen LogP contribution in [0.15, 0.2) is 83.7 Å². The van der Waals surface area contributed by atoms with Crippen LogP contribution in [0, 0.1) is 6.92 Å². The zero-order chi connectivity index (χ0) is 21.2. The number of hydrogen-bond donors (Lipinski definition) is 3. The van der Waals surface area contributed by atoms with Crippen LogP contribution in [0.4, 0.5) is 5.69 Å². The molecule has 5 aromatic rings. The lowest BCUT2D eigenvalue weighted by Crippen LogP contribution is -2.05. The van der Waals surface area contributed by atoms with Crippen LogP contribution in [0.1, 0.15) is 16.7 Å². The van der Waals surface area contributed by atoms with Crippen LogP contribution in [0.25, 0.3) is 21.8 Å². The molecular weight excluding hydrogens is 386 g/mol. The monoisotopic (exact) mass is 409 g/mol. The van der Waals surface area contributed by atoms with Crippen molar-refractivity contribution < 1.29 is 4.74 Å². The minimum atomic E-state index is -0.201. The average Bonchev–Trinajstić information content (AvgIpc) is 3.16. The van der Waals surface area contributed by atoms with Crippen molar-refractivity contribution in [3.63, 3.8) is 0 Å². The van der Waals surface area contributed by atoms with Gasteiger partial charge < -0.3 is 20.0 Å². The van der Waals surface area contributed by atoms with Crippen molar-refractivity contribution in [2.45, 2.75) is 20.1 Å². The van der Waals surface area contributed by atoms with E-state index in [1.54, 1.807) is 0 Å². The summed E-state index contributed by atoms with van der Waals surface area (Å²) in [5.41, 5.74) is 5.81. The number of ether oxygens (including phenoxy) is 1. The summed E-state index contributed by atoms with van der Waals surface area (Å²) in [5.74, 6) is 0.866. The molecule has 0 fully saturated rings. The highest BCUT2D eigenvalue weighted by atomic mass is 16.5. The molecule has 5 rings (SSSR count). The van der Waals surface area contributed by atoms with E-state index in [0.29, 0.717) is 13.2 Å². The smallest absolute Gasteiger partial charge is 0.323 e. The predicted molar refractivity (Wildman–Crippen MR) is 126 cm³/mol. The maximum atomic E-state index is 11.5. The van der Waals surface area contributed by atoms with Gasteiger partial charge in [-0.1, -0.05) is 54.6 Å². The molecule has 0 atom stereocenters. The molecule has 0 bridgehead atoms. The van der Waals surface area contributed by atoms with E-state index in [4.69, 9.17) is 4.74 Å². The van der Waals surface area contributed by atoms with Crippen molar-refractivity contribution in [3.8, 4) is 5.75 Å². The van der Waals surface area contributed by atoms with Gasteiger partial charge in [0.2, 0.25) is 0 Å². The standard InChI is InChI=1S/C26H23N3O2/c1-17-6-2-3-8-19(17)16-31-25-13-10-18-7-4-5-9-21(18)22(25)15-27-20-11-12-23-24(14-20)29-26(30)28-23/h2-14,27H,15-16H2,1H3,(H2,28,29,30). The van der Waals surface area contributed by atoms with E-state index >= 15 is 0 Å². The van der Waals surface area contributed by atoms with Gasteiger partial charge in [-0.3, -0.25) is 0 Å². The molecular formula is C26H23N3O2. The van der Waals surface area contributed by atoms with Gasteiger partial charge in [0.1, 0.15) is 12.4 Å². The SMILES string of the molecule is Cc1ccccc1COc1ccc2ccccc2c1CNc1ccc2[nH]c(=O)[nH]c2c1. The third-order valence-electron chi connectivity index (χ3n) is 5.63. The number of anilines is 1.